The SMILES string of the molecule is CCc1cccc(S(=O)(=O)Nc2ccc(-c3cnc4nc3NCCCNS(=O)c3cccc(c3)N4)cc2)c1. The van der Waals surface area contributed by atoms with Gasteiger partial charge in [0.1, 0.15) is 16.8 Å². The largest absolute Gasteiger partial charge is 0.369 e. The van der Waals surface area contributed by atoms with E-state index in [2.05, 4.69) is 30.0 Å². The van der Waals surface area contributed by atoms with E-state index in [1.807, 2.05) is 49.4 Å². The first kappa shape index (κ1) is 25.8. The number of benzene rings is 3. The van der Waals surface area contributed by atoms with Gasteiger partial charge < -0.3 is 10.6 Å². The highest BCUT2D eigenvalue weighted by Gasteiger charge is 2.16. The third kappa shape index (κ3) is 6.01. The lowest BCUT2D eigenvalue weighted by molar-refractivity contribution is 0.601. The summed E-state index contributed by atoms with van der Waals surface area (Å²) in [6.45, 7) is 3.17. The average Bonchev–Trinajstić information content (AvgIpc) is 2.93. The molecule has 0 amide bonds. The second kappa shape index (κ2) is 11.3. The number of fused-ring (bicyclic) bond motifs is 4. The van der Waals surface area contributed by atoms with Gasteiger partial charge in [0.05, 0.1) is 9.79 Å². The van der Waals surface area contributed by atoms with E-state index >= 15 is 0 Å². The molecule has 0 saturated heterocycles. The third-order valence-corrected chi connectivity index (χ3v) is 8.56. The topological polar surface area (TPSA) is 125 Å². The van der Waals surface area contributed by atoms with Crippen molar-refractivity contribution in [3.05, 3.63) is 84.6 Å². The van der Waals surface area contributed by atoms with E-state index in [1.165, 1.54) is 0 Å². The predicted octanol–water partition coefficient (Wildman–Crippen LogP) is 4.68. The van der Waals surface area contributed by atoms with E-state index in [4.69, 9.17) is 0 Å². The summed E-state index contributed by atoms with van der Waals surface area (Å²) in [5.74, 6) is 1.05. The summed E-state index contributed by atoms with van der Waals surface area (Å²) in [6, 6.07) is 21.4. The quantitative estimate of drug-likeness (QED) is 0.285. The van der Waals surface area contributed by atoms with Crippen LogP contribution in [0.2, 0.25) is 0 Å². The van der Waals surface area contributed by atoms with Crippen LogP contribution in [0.4, 0.5) is 23.1 Å². The molecule has 1 atom stereocenters. The number of hydrogen-bond donors (Lipinski definition) is 4. The molecule has 1 aliphatic heterocycles. The zero-order chi connectivity index (χ0) is 26.5. The van der Waals surface area contributed by atoms with Gasteiger partial charge in [-0.2, -0.15) is 4.98 Å². The van der Waals surface area contributed by atoms with E-state index in [-0.39, 0.29) is 4.90 Å². The molecular weight excluding hydrogens is 520 g/mol. The third-order valence-electron chi connectivity index (χ3n) is 6.04. The Hall–Kier alpha value is -3.80. The second-order valence-corrected chi connectivity index (χ2v) is 11.7. The van der Waals surface area contributed by atoms with Gasteiger partial charge in [-0.3, -0.25) is 4.72 Å². The van der Waals surface area contributed by atoms with Crippen molar-refractivity contribution in [1.29, 1.82) is 0 Å². The Kier molecular flexibility index (Phi) is 7.68. The van der Waals surface area contributed by atoms with Gasteiger partial charge in [0.25, 0.3) is 10.0 Å². The van der Waals surface area contributed by atoms with Gasteiger partial charge in [-0.1, -0.05) is 37.3 Å². The van der Waals surface area contributed by atoms with Crippen molar-refractivity contribution in [3.63, 3.8) is 0 Å². The molecule has 196 valence electrons. The Morgan fingerprint density at radius 1 is 1.00 bits per heavy atom. The maximum atomic E-state index is 12.9. The van der Waals surface area contributed by atoms with Gasteiger partial charge in [-0.25, -0.2) is 22.3 Å². The molecule has 38 heavy (non-hydrogen) atoms. The molecule has 2 heterocycles. The number of aryl methyl sites for hydroxylation is 1. The van der Waals surface area contributed by atoms with Crippen LogP contribution in [0.15, 0.2) is 88.8 Å². The molecule has 0 aliphatic carbocycles. The van der Waals surface area contributed by atoms with Crippen LogP contribution in [0.5, 0.6) is 0 Å². The van der Waals surface area contributed by atoms with Crippen molar-refractivity contribution < 1.29 is 12.6 Å². The minimum atomic E-state index is -3.71. The van der Waals surface area contributed by atoms with Crippen LogP contribution >= 0.6 is 0 Å². The molecular formula is C27H28N6O3S2. The molecule has 1 aromatic heterocycles. The fraction of sp³-hybridized carbons (Fsp3) is 0.185. The summed E-state index contributed by atoms with van der Waals surface area (Å²) in [5, 5.41) is 6.53. The number of aromatic nitrogens is 2. The molecule has 11 heteroatoms. The Morgan fingerprint density at radius 2 is 1.82 bits per heavy atom. The maximum Gasteiger partial charge on any atom is 0.261 e. The van der Waals surface area contributed by atoms with E-state index < -0.39 is 21.0 Å². The fourth-order valence-electron chi connectivity index (χ4n) is 4.01. The van der Waals surface area contributed by atoms with Crippen molar-refractivity contribution in [3.8, 4) is 11.1 Å². The minimum Gasteiger partial charge on any atom is -0.369 e. The normalized spacial score (nSPS) is 15.7. The summed E-state index contributed by atoms with van der Waals surface area (Å²) in [5.41, 5.74) is 3.76. The molecule has 0 fully saturated rings. The van der Waals surface area contributed by atoms with Crippen LogP contribution in [0, 0.1) is 0 Å². The van der Waals surface area contributed by atoms with Gasteiger partial charge >= 0.3 is 0 Å². The Balaban J connectivity index is 1.39. The van der Waals surface area contributed by atoms with Crippen molar-refractivity contribution >= 4 is 44.1 Å². The molecule has 4 N–H and O–H groups in total. The maximum absolute atomic E-state index is 12.9. The molecule has 4 aromatic rings. The molecule has 1 unspecified atom stereocenters. The zero-order valence-electron chi connectivity index (χ0n) is 20.8. The van der Waals surface area contributed by atoms with Crippen LogP contribution < -0.4 is 20.1 Å². The fourth-order valence-corrected chi connectivity index (χ4v) is 6.08. The first-order chi connectivity index (χ1) is 18.4. The molecule has 9 nitrogen and oxygen atoms in total. The average molecular weight is 549 g/mol. The van der Waals surface area contributed by atoms with E-state index in [0.717, 1.165) is 35.2 Å². The number of nitrogens with one attached hydrogen (secondary N) is 4. The molecule has 5 rings (SSSR count). The highest BCUT2D eigenvalue weighted by atomic mass is 32.2. The summed E-state index contributed by atoms with van der Waals surface area (Å²) in [7, 11) is -5.01. The van der Waals surface area contributed by atoms with Crippen LogP contribution in [0.1, 0.15) is 18.9 Å². The zero-order valence-corrected chi connectivity index (χ0v) is 22.4. The van der Waals surface area contributed by atoms with Crippen molar-refractivity contribution in [1.82, 2.24) is 14.7 Å². The lowest BCUT2D eigenvalue weighted by atomic mass is 10.1. The van der Waals surface area contributed by atoms with Gasteiger partial charge in [0, 0.05) is 36.2 Å². The molecule has 3 aromatic carbocycles. The summed E-state index contributed by atoms with van der Waals surface area (Å²) >= 11 is 0. The summed E-state index contributed by atoms with van der Waals surface area (Å²) in [4.78, 5) is 10.1. The van der Waals surface area contributed by atoms with Gasteiger partial charge in [0.15, 0.2) is 0 Å². The van der Waals surface area contributed by atoms with Crippen LogP contribution in [-0.4, -0.2) is 35.7 Å². The predicted molar refractivity (Wildman–Crippen MR) is 151 cm³/mol. The van der Waals surface area contributed by atoms with Crippen molar-refractivity contribution in [2.75, 3.05) is 28.4 Å². The second-order valence-electron chi connectivity index (χ2n) is 8.74. The van der Waals surface area contributed by atoms with Crippen LogP contribution in [-0.2, 0) is 27.4 Å². The van der Waals surface area contributed by atoms with Gasteiger partial charge in [-0.15, -0.1) is 0 Å². The molecule has 0 spiro atoms. The lowest BCUT2D eigenvalue weighted by Gasteiger charge is -2.14. The van der Waals surface area contributed by atoms with Crippen LogP contribution in [0.25, 0.3) is 11.1 Å². The minimum absolute atomic E-state index is 0.233. The Labute approximate surface area is 224 Å². The van der Waals surface area contributed by atoms with Gasteiger partial charge in [-0.05, 0) is 66.4 Å². The van der Waals surface area contributed by atoms with Crippen molar-refractivity contribution in [2.45, 2.75) is 29.6 Å². The number of anilines is 4. The molecule has 0 radical (unpaired) electrons. The first-order valence-electron chi connectivity index (χ1n) is 12.3. The molecule has 0 saturated carbocycles. The highest BCUT2D eigenvalue weighted by Crippen LogP contribution is 2.29. The molecule has 1 aliphatic rings. The van der Waals surface area contributed by atoms with Crippen LogP contribution in [0.3, 0.4) is 0 Å². The number of rotatable bonds is 5. The Bertz CT molecular complexity index is 1580. The monoisotopic (exact) mass is 548 g/mol. The van der Waals surface area contributed by atoms with E-state index in [1.54, 1.807) is 36.5 Å². The Morgan fingerprint density at radius 3 is 2.63 bits per heavy atom. The number of sulfonamides is 1. The smallest absolute Gasteiger partial charge is 0.261 e. The highest BCUT2D eigenvalue weighted by molar-refractivity contribution is 7.92. The standard InChI is InChI=1S/C27H28N6O3S2/c1-2-19-6-3-9-24(16-19)38(35,36)33-21-12-10-20(11-13-21)25-18-29-27-31-22-7-4-8-23(17-22)37(34)30-15-5-14-28-26(25)32-27/h3-4,6-13,16-18,30,33H,2,5,14-15H2,1H3,(H2,28,29,31,32). The first-order valence-corrected chi connectivity index (χ1v) is 14.9. The number of nitrogens with zero attached hydrogens (tertiary/aromatic N) is 2. The van der Waals surface area contributed by atoms with Crippen molar-refractivity contribution in [2.24, 2.45) is 0 Å². The number of hydrogen-bond acceptors (Lipinski definition) is 7. The van der Waals surface area contributed by atoms with E-state index in [9.17, 15) is 12.6 Å². The lowest BCUT2D eigenvalue weighted by Crippen LogP contribution is -2.20. The molecule has 4 bridgehead atoms. The summed E-state index contributed by atoms with van der Waals surface area (Å²) in [6.07, 6.45) is 3.22. The summed E-state index contributed by atoms with van der Waals surface area (Å²) < 4.78 is 44.0. The van der Waals surface area contributed by atoms with E-state index in [0.29, 0.717) is 35.4 Å². The van der Waals surface area contributed by atoms with Gasteiger partial charge in [0.2, 0.25) is 5.95 Å².